The summed E-state index contributed by atoms with van der Waals surface area (Å²) in [6.07, 6.45) is -0.123. The average Bonchev–Trinajstić information content (AvgIpc) is 2.77. The van der Waals surface area contributed by atoms with E-state index in [1.54, 1.807) is 0 Å². The molecule has 3 nitrogen and oxygen atoms in total. The van der Waals surface area contributed by atoms with E-state index in [4.69, 9.17) is 0 Å². The smallest absolute Gasteiger partial charge is 0.317 e. The summed E-state index contributed by atoms with van der Waals surface area (Å²) in [5.74, 6) is 0. The van der Waals surface area contributed by atoms with Crippen molar-refractivity contribution >= 4 is 0 Å². The Morgan fingerprint density at radius 1 is 1.39 bits per heavy atom. The molecule has 1 rings (SSSR count). The van der Waals surface area contributed by atoms with E-state index < -0.39 is 11.9 Å². The van der Waals surface area contributed by atoms with Gasteiger partial charge in [-0.2, -0.15) is 18.3 Å². The predicted octanol–water partition coefficient (Wildman–Crippen LogP) is 3.24. The summed E-state index contributed by atoms with van der Waals surface area (Å²) in [6, 6.07) is 1.01. The van der Waals surface area contributed by atoms with Gasteiger partial charge >= 0.3 is 6.18 Å². The number of hydrogen-bond acceptors (Lipinski definition) is 2. The van der Waals surface area contributed by atoms with E-state index in [-0.39, 0.29) is 6.04 Å². The molecule has 0 aliphatic heterocycles. The van der Waals surface area contributed by atoms with E-state index in [1.807, 2.05) is 6.92 Å². The van der Waals surface area contributed by atoms with Gasteiger partial charge in [-0.1, -0.05) is 6.92 Å². The second-order valence-corrected chi connectivity index (χ2v) is 4.42. The normalized spacial score (nSPS) is 13.8. The maximum atomic E-state index is 12.4. The van der Waals surface area contributed by atoms with E-state index in [0.29, 0.717) is 0 Å². The molecule has 0 bridgehead atoms. The zero-order valence-corrected chi connectivity index (χ0v) is 10.8. The highest BCUT2D eigenvalue weighted by atomic mass is 19.4. The summed E-state index contributed by atoms with van der Waals surface area (Å²) in [5.41, 5.74) is -0.821. The molecule has 0 spiro atoms. The molecule has 0 radical (unpaired) electrons. The van der Waals surface area contributed by atoms with Gasteiger partial charge in [0, 0.05) is 12.2 Å². The molecule has 0 aliphatic carbocycles. The SMILES string of the molecule is CCCNCCCC(C)n1ccc(C(F)(F)F)n1. The first-order chi connectivity index (χ1) is 8.45. The topological polar surface area (TPSA) is 29.9 Å². The van der Waals surface area contributed by atoms with Crippen molar-refractivity contribution in [3.05, 3.63) is 18.0 Å². The van der Waals surface area contributed by atoms with E-state index in [0.717, 1.165) is 38.4 Å². The first-order valence-electron chi connectivity index (χ1n) is 6.28. The monoisotopic (exact) mass is 263 g/mol. The molecule has 1 N–H and O–H groups in total. The summed E-state index contributed by atoms with van der Waals surface area (Å²) in [4.78, 5) is 0. The summed E-state index contributed by atoms with van der Waals surface area (Å²) in [7, 11) is 0. The van der Waals surface area contributed by atoms with Gasteiger partial charge in [0.2, 0.25) is 0 Å². The van der Waals surface area contributed by atoms with Gasteiger partial charge in [0.05, 0.1) is 0 Å². The standard InChI is InChI=1S/C12H20F3N3/c1-3-7-16-8-4-5-10(2)18-9-6-11(17-18)12(13,14)15/h6,9-10,16H,3-5,7-8H2,1-2H3. The summed E-state index contributed by atoms with van der Waals surface area (Å²) < 4.78 is 38.5. The summed E-state index contributed by atoms with van der Waals surface area (Å²) in [6.45, 7) is 5.85. The Kier molecular flexibility index (Phi) is 5.65. The number of rotatable bonds is 7. The van der Waals surface area contributed by atoms with E-state index in [2.05, 4.69) is 17.3 Å². The van der Waals surface area contributed by atoms with Crippen LogP contribution in [0.4, 0.5) is 13.2 Å². The van der Waals surface area contributed by atoms with Gasteiger partial charge in [-0.15, -0.1) is 0 Å². The number of aromatic nitrogens is 2. The molecule has 104 valence electrons. The highest BCUT2D eigenvalue weighted by molar-refractivity contribution is 5.03. The van der Waals surface area contributed by atoms with Crippen molar-refractivity contribution in [3.63, 3.8) is 0 Å². The van der Waals surface area contributed by atoms with Crippen LogP contribution in [-0.4, -0.2) is 22.9 Å². The molecule has 18 heavy (non-hydrogen) atoms. The van der Waals surface area contributed by atoms with Crippen LogP contribution in [0, 0.1) is 0 Å². The lowest BCUT2D eigenvalue weighted by molar-refractivity contribution is -0.141. The molecular formula is C12H20F3N3. The number of nitrogens with one attached hydrogen (secondary N) is 1. The zero-order valence-electron chi connectivity index (χ0n) is 10.8. The number of halogens is 3. The third-order valence-corrected chi connectivity index (χ3v) is 2.75. The second kappa shape index (κ2) is 6.78. The Labute approximate surface area is 105 Å². The van der Waals surface area contributed by atoms with Crippen LogP contribution in [0.5, 0.6) is 0 Å². The molecule has 1 aromatic rings. The van der Waals surface area contributed by atoms with Crippen LogP contribution >= 0.6 is 0 Å². The molecule has 0 amide bonds. The number of hydrogen-bond donors (Lipinski definition) is 1. The minimum atomic E-state index is -4.35. The van der Waals surface area contributed by atoms with E-state index in [1.165, 1.54) is 10.9 Å². The fourth-order valence-electron chi connectivity index (χ4n) is 1.69. The molecule has 1 atom stereocenters. The first-order valence-corrected chi connectivity index (χ1v) is 6.28. The Bertz CT molecular complexity index is 347. The fourth-order valence-corrected chi connectivity index (χ4v) is 1.69. The Balaban J connectivity index is 2.37. The van der Waals surface area contributed by atoms with Crippen LogP contribution in [0.2, 0.25) is 0 Å². The maximum Gasteiger partial charge on any atom is 0.435 e. The fraction of sp³-hybridized carbons (Fsp3) is 0.750. The molecule has 6 heteroatoms. The quantitative estimate of drug-likeness (QED) is 0.765. The van der Waals surface area contributed by atoms with Crippen LogP contribution in [-0.2, 0) is 6.18 Å². The third kappa shape index (κ3) is 4.68. The maximum absolute atomic E-state index is 12.4. The highest BCUT2D eigenvalue weighted by Crippen LogP contribution is 2.28. The van der Waals surface area contributed by atoms with Crippen molar-refractivity contribution in [3.8, 4) is 0 Å². The van der Waals surface area contributed by atoms with Crippen LogP contribution in [0.25, 0.3) is 0 Å². The molecular weight excluding hydrogens is 243 g/mol. The molecule has 0 aliphatic rings. The van der Waals surface area contributed by atoms with Crippen LogP contribution in [0.1, 0.15) is 44.8 Å². The van der Waals surface area contributed by atoms with Gasteiger partial charge in [-0.25, -0.2) is 0 Å². The van der Waals surface area contributed by atoms with Crippen LogP contribution in [0.15, 0.2) is 12.3 Å². The van der Waals surface area contributed by atoms with Crippen molar-refractivity contribution in [2.45, 2.75) is 45.3 Å². The molecule has 1 aromatic heterocycles. The number of nitrogens with zero attached hydrogens (tertiary/aromatic N) is 2. The molecule has 0 aromatic carbocycles. The van der Waals surface area contributed by atoms with Crippen molar-refractivity contribution in [1.82, 2.24) is 15.1 Å². The molecule has 0 saturated heterocycles. The minimum Gasteiger partial charge on any atom is -0.317 e. The average molecular weight is 263 g/mol. The zero-order chi connectivity index (χ0) is 13.6. The Morgan fingerprint density at radius 2 is 2.11 bits per heavy atom. The highest BCUT2D eigenvalue weighted by Gasteiger charge is 2.33. The van der Waals surface area contributed by atoms with E-state index >= 15 is 0 Å². The number of alkyl halides is 3. The van der Waals surface area contributed by atoms with Crippen LogP contribution < -0.4 is 5.32 Å². The lowest BCUT2D eigenvalue weighted by Gasteiger charge is -2.12. The van der Waals surface area contributed by atoms with Gasteiger partial charge in [0.15, 0.2) is 5.69 Å². The van der Waals surface area contributed by atoms with E-state index in [9.17, 15) is 13.2 Å². The second-order valence-electron chi connectivity index (χ2n) is 4.42. The van der Waals surface area contributed by atoms with Gasteiger partial charge in [-0.3, -0.25) is 4.68 Å². The van der Waals surface area contributed by atoms with Crippen molar-refractivity contribution in [2.75, 3.05) is 13.1 Å². The van der Waals surface area contributed by atoms with Crippen molar-refractivity contribution in [1.29, 1.82) is 0 Å². The van der Waals surface area contributed by atoms with Crippen molar-refractivity contribution in [2.24, 2.45) is 0 Å². The summed E-state index contributed by atoms with van der Waals surface area (Å²) in [5, 5.41) is 6.83. The lowest BCUT2D eigenvalue weighted by Crippen LogP contribution is -2.17. The predicted molar refractivity (Wildman–Crippen MR) is 64.3 cm³/mol. The summed E-state index contributed by atoms with van der Waals surface area (Å²) >= 11 is 0. The van der Waals surface area contributed by atoms with Gasteiger partial charge in [0.25, 0.3) is 0 Å². The molecule has 1 heterocycles. The molecule has 0 fully saturated rings. The van der Waals surface area contributed by atoms with Gasteiger partial charge < -0.3 is 5.32 Å². The molecule has 1 unspecified atom stereocenters. The molecule has 0 saturated carbocycles. The Morgan fingerprint density at radius 3 is 2.67 bits per heavy atom. The Hall–Kier alpha value is -1.04. The van der Waals surface area contributed by atoms with Gasteiger partial charge in [-0.05, 0) is 45.3 Å². The minimum absolute atomic E-state index is 0.00970. The largest absolute Gasteiger partial charge is 0.435 e. The van der Waals surface area contributed by atoms with Crippen LogP contribution in [0.3, 0.4) is 0 Å². The first kappa shape index (κ1) is 15.0. The third-order valence-electron chi connectivity index (χ3n) is 2.75. The van der Waals surface area contributed by atoms with Gasteiger partial charge in [0.1, 0.15) is 0 Å². The van der Waals surface area contributed by atoms with Crippen molar-refractivity contribution < 1.29 is 13.2 Å². The lowest BCUT2D eigenvalue weighted by atomic mass is 10.2.